The second-order valence-corrected chi connectivity index (χ2v) is 5.90. The van der Waals surface area contributed by atoms with Gasteiger partial charge in [-0.15, -0.1) is 0 Å². The molecule has 0 aromatic heterocycles. The summed E-state index contributed by atoms with van der Waals surface area (Å²) in [5.74, 6) is 1.01. The number of benzene rings is 1. The second-order valence-electron chi connectivity index (χ2n) is 5.90. The van der Waals surface area contributed by atoms with Crippen LogP contribution in [0.3, 0.4) is 0 Å². The number of ether oxygens (including phenoxy) is 2. The Morgan fingerprint density at radius 1 is 1.43 bits per heavy atom. The van der Waals surface area contributed by atoms with Gasteiger partial charge < -0.3 is 20.5 Å². The number of nitrogens with one attached hydrogen (secondary N) is 1. The molecule has 2 unspecified atom stereocenters. The van der Waals surface area contributed by atoms with Crippen molar-refractivity contribution in [3.8, 4) is 11.5 Å². The smallest absolute Gasteiger partial charge is 0.237 e. The van der Waals surface area contributed by atoms with Gasteiger partial charge in [0.25, 0.3) is 0 Å². The van der Waals surface area contributed by atoms with E-state index in [1.165, 1.54) is 0 Å². The van der Waals surface area contributed by atoms with E-state index in [-0.39, 0.29) is 12.0 Å². The van der Waals surface area contributed by atoms with Crippen LogP contribution in [0.1, 0.15) is 33.1 Å². The summed E-state index contributed by atoms with van der Waals surface area (Å²) in [6.45, 7) is 3.78. The van der Waals surface area contributed by atoms with Crippen molar-refractivity contribution in [2.45, 2.75) is 50.8 Å². The van der Waals surface area contributed by atoms with Gasteiger partial charge in [0.1, 0.15) is 0 Å². The minimum absolute atomic E-state index is 0.162. The number of amides is 1. The van der Waals surface area contributed by atoms with E-state index < -0.39 is 5.54 Å². The number of methoxy groups -OCH3 is 1. The molecule has 1 fully saturated rings. The summed E-state index contributed by atoms with van der Waals surface area (Å²) in [5, 5.41) is 3.33. The van der Waals surface area contributed by atoms with Gasteiger partial charge in [0.15, 0.2) is 11.5 Å². The van der Waals surface area contributed by atoms with E-state index in [4.69, 9.17) is 15.2 Å². The van der Waals surface area contributed by atoms with Gasteiger partial charge in [0, 0.05) is 12.5 Å². The average Bonchev–Trinajstić information content (AvgIpc) is 3.22. The Labute approximate surface area is 125 Å². The van der Waals surface area contributed by atoms with Crippen molar-refractivity contribution in [1.82, 2.24) is 5.32 Å². The zero-order chi connectivity index (χ0) is 15.5. The molecule has 1 saturated carbocycles. The molecule has 0 saturated heterocycles. The van der Waals surface area contributed by atoms with Crippen molar-refractivity contribution < 1.29 is 14.3 Å². The molecule has 0 bridgehead atoms. The molecule has 116 valence electrons. The third kappa shape index (κ3) is 4.11. The Morgan fingerprint density at radius 2 is 2.05 bits per heavy atom. The molecule has 5 nitrogen and oxygen atoms in total. The van der Waals surface area contributed by atoms with Crippen LogP contribution in [0, 0.1) is 0 Å². The molecular formula is C16H24N2O3. The van der Waals surface area contributed by atoms with Crippen LogP contribution in [0.2, 0.25) is 0 Å². The number of hydrogen-bond donors (Lipinski definition) is 2. The molecule has 2 atom stereocenters. The van der Waals surface area contributed by atoms with E-state index in [1.54, 1.807) is 7.11 Å². The summed E-state index contributed by atoms with van der Waals surface area (Å²) in [5.41, 5.74) is 4.82. The number of hydrogen-bond acceptors (Lipinski definition) is 4. The maximum Gasteiger partial charge on any atom is 0.237 e. The lowest BCUT2D eigenvalue weighted by Crippen LogP contribution is -2.55. The molecule has 1 aromatic carbocycles. The van der Waals surface area contributed by atoms with E-state index in [1.807, 2.05) is 38.1 Å². The summed E-state index contributed by atoms with van der Waals surface area (Å²) in [6.07, 6.45) is 2.55. The molecule has 3 N–H and O–H groups in total. The molecule has 0 radical (unpaired) electrons. The Balaban J connectivity index is 2.01. The van der Waals surface area contributed by atoms with Crippen molar-refractivity contribution in [2.75, 3.05) is 7.11 Å². The third-order valence-electron chi connectivity index (χ3n) is 3.74. The highest BCUT2D eigenvalue weighted by atomic mass is 16.5. The highest BCUT2D eigenvalue weighted by Crippen LogP contribution is 2.29. The van der Waals surface area contributed by atoms with Crippen LogP contribution >= 0.6 is 0 Å². The topological polar surface area (TPSA) is 73.6 Å². The fourth-order valence-electron chi connectivity index (χ4n) is 2.46. The Bertz CT molecular complexity index is 502. The zero-order valence-electron chi connectivity index (χ0n) is 12.9. The van der Waals surface area contributed by atoms with E-state index in [0.717, 1.165) is 12.8 Å². The van der Waals surface area contributed by atoms with E-state index >= 15 is 0 Å². The molecule has 1 aliphatic rings. The maximum absolute atomic E-state index is 11.8. The van der Waals surface area contributed by atoms with Crippen LogP contribution in [-0.4, -0.2) is 30.7 Å². The molecule has 0 heterocycles. The van der Waals surface area contributed by atoms with Gasteiger partial charge in [-0.3, -0.25) is 4.79 Å². The van der Waals surface area contributed by atoms with Gasteiger partial charge in [-0.25, -0.2) is 0 Å². The van der Waals surface area contributed by atoms with Crippen LogP contribution in [0.25, 0.3) is 0 Å². The summed E-state index contributed by atoms with van der Waals surface area (Å²) >= 11 is 0. The van der Waals surface area contributed by atoms with E-state index in [2.05, 4.69) is 5.32 Å². The normalized spacial score (nSPS) is 18.6. The number of primary amides is 1. The second kappa shape index (κ2) is 6.35. The van der Waals surface area contributed by atoms with Crippen LogP contribution in [-0.2, 0) is 4.79 Å². The largest absolute Gasteiger partial charge is 0.493 e. The first-order chi connectivity index (χ1) is 9.94. The zero-order valence-corrected chi connectivity index (χ0v) is 12.9. The summed E-state index contributed by atoms with van der Waals surface area (Å²) < 4.78 is 11.2. The Hall–Kier alpha value is -1.75. The van der Waals surface area contributed by atoms with Crippen molar-refractivity contribution in [2.24, 2.45) is 5.73 Å². The lowest BCUT2D eigenvalue weighted by Gasteiger charge is -2.30. The third-order valence-corrected chi connectivity index (χ3v) is 3.74. The molecule has 0 spiro atoms. The standard InChI is InChI=1S/C16H24N2O3/c1-11(21-14-7-5-4-6-13(14)20-3)10-16(2,15(17)19)18-12-8-9-12/h4-7,11-12,18H,8-10H2,1-3H3,(H2,17,19). The molecule has 5 heteroatoms. The molecule has 2 rings (SSSR count). The first-order valence-corrected chi connectivity index (χ1v) is 7.32. The summed E-state index contributed by atoms with van der Waals surface area (Å²) in [6, 6.07) is 7.88. The Morgan fingerprint density at radius 3 is 2.57 bits per heavy atom. The molecule has 1 aromatic rings. The number of para-hydroxylation sites is 2. The van der Waals surface area contributed by atoms with Crippen molar-refractivity contribution in [3.05, 3.63) is 24.3 Å². The SMILES string of the molecule is COc1ccccc1OC(C)CC(C)(NC1CC1)C(N)=O. The average molecular weight is 292 g/mol. The van der Waals surface area contributed by atoms with Crippen molar-refractivity contribution in [3.63, 3.8) is 0 Å². The van der Waals surface area contributed by atoms with Crippen molar-refractivity contribution in [1.29, 1.82) is 0 Å². The lowest BCUT2D eigenvalue weighted by atomic mass is 9.93. The predicted octanol–water partition coefficient (Wildman–Crippen LogP) is 1.85. The maximum atomic E-state index is 11.8. The number of carbonyl (C=O) groups is 1. The van der Waals surface area contributed by atoms with Gasteiger partial charge in [-0.1, -0.05) is 12.1 Å². The first-order valence-electron chi connectivity index (χ1n) is 7.32. The molecule has 0 aliphatic heterocycles. The van der Waals surface area contributed by atoms with Gasteiger partial charge in [0.05, 0.1) is 18.8 Å². The molecular weight excluding hydrogens is 268 g/mol. The van der Waals surface area contributed by atoms with E-state index in [9.17, 15) is 4.79 Å². The molecule has 1 amide bonds. The van der Waals surface area contributed by atoms with Gasteiger partial charge in [0.2, 0.25) is 5.91 Å². The van der Waals surface area contributed by atoms with Crippen LogP contribution < -0.4 is 20.5 Å². The summed E-state index contributed by atoms with van der Waals surface area (Å²) in [4.78, 5) is 11.8. The van der Waals surface area contributed by atoms with Crippen molar-refractivity contribution >= 4 is 5.91 Å². The number of carbonyl (C=O) groups excluding carboxylic acids is 1. The lowest BCUT2D eigenvalue weighted by molar-refractivity contribution is -0.124. The predicted molar refractivity (Wildman–Crippen MR) is 81.5 cm³/mol. The van der Waals surface area contributed by atoms with E-state index in [0.29, 0.717) is 24.0 Å². The first kappa shape index (κ1) is 15.6. The molecule has 21 heavy (non-hydrogen) atoms. The Kier molecular flexibility index (Phi) is 4.73. The minimum Gasteiger partial charge on any atom is -0.493 e. The monoisotopic (exact) mass is 292 g/mol. The van der Waals surface area contributed by atoms with Crippen LogP contribution in [0.15, 0.2) is 24.3 Å². The highest BCUT2D eigenvalue weighted by molar-refractivity contribution is 5.84. The number of nitrogens with two attached hydrogens (primary N) is 1. The minimum atomic E-state index is -0.747. The van der Waals surface area contributed by atoms with Crippen LogP contribution in [0.5, 0.6) is 11.5 Å². The summed E-state index contributed by atoms with van der Waals surface area (Å²) in [7, 11) is 1.61. The quantitative estimate of drug-likeness (QED) is 0.767. The fraction of sp³-hybridized carbons (Fsp3) is 0.562. The van der Waals surface area contributed by atoms with Gasteiger partial charge in [-0.05, 0) is 38.8 Å². The highest BCUT2D eigenvalue weighted by Gasteiger charge is 2.38. The fourth-order valence-corrected chi connectivity index (χ4v) is 2.46. The molecule has 1 aliphatic carbocycles. The van der Waals surface area contributed by atoms with Gasteiger partial charge >= 0.3 is 0 Å². The van der Waals surface area contributed by atoms with Gasteiger partial charge in [-0.2, -0.15) is 0 Å². The van der Waals surface area contributed by atoms with Crippen LogP contribution in [0.4, 0.5) is 0 Å². The number of rotatable bonds is 8.